The SMILES string of the molecule is CCS(=O)(=O)c1cc(-c2nnnn2C)cnc1-c1nc2cc(C(F)(F)C(F)(F)F)nnc2n1C. The normalized spacial score (nSPS) is 13.1. The van der Waals surface area contributed by atoms with Gasteiger partial charge in [-0.3, -0.25) is 4.98 Å². The van der Waals surface area contributed by atoms with Gasteiger partial charge in [0.1, 0.15) is 16.9 Å². The quantitative estimate of drug-likeness (QED) is 0.375. The molecule has 4 aromatic rings. The number of hydrogen-bond donors (Lipinski definition) is 0. The molecule has 0 aliphatic heterocycles. The summed E-state index contributed by atoms with van der Waals surface area (Å²) in [6, 6.07) is 1.73. The Kier molecular flexibility index (Phi) is 5.34. The molecule has 4 rings (SSSR count). The fourth-order valence-corrected chi connectivity index (χ4v) is 4.15. The molecule has 0 unspecified atom stereocenters. The molecule has 0 N–H and O–H groups in total. The molecule has 0 aliphatic rings. The minimum Gasteiger partial charge on any atom is -0.309 e. The summed E-state index contributed by atoms with van der Waals surface area (Å²) in [4.78, 5) is 7.96. The zero-order chi connectivity index (χ0) is 25.1. The highest BCUT2D eigenvalue weighted by atomic mass is 32.2. The Balaban J connectivity index is 1.93. The van der Waals surface area contributed by atoms with E-state index in [0.717, 1.165) is 0 Å². The summed E-state index contributed by atoms with van der Waals surface area (Å²) >= 11 is 0. The van der Waals surface area contributed by atoms with Gasteiger partial charge in [0.05, 0.1) is 10.6 Å². The lowest BCUT2D eigenvalue weighted by Gasteiger charge is -2.17. The van der Waals surface area contributed by atoms with Crippen molar-refractivity contribution in [2.45, 2.75) is 23.9 Å². The van der Waals surface area contributed by atoms with Crippen LogP contribution >= 0.6 is 0 Å². The first-order valence-electron chi connectivity index (χ1n) is 9.39. The van der Waals surface area contributed by atoms with Gasteiger partial charge in [0.2, 0.25) is 0 Å². The Morgan fingerprint density at radius 3 is 2.29 bits per heavy atom. The lowest BCUT2D eigenvalue weighted by molar-refractivity contribution is -0.291. The van der Waals surface area contributed by atoms with E-state index in [1.165, 1.54) is 42.5 Å². The molecule has 11 nitrogen and oxygen atoms in total. The summed E-state index contributed by atoms with van der Waals surface area (Å²) in [6.07, 6.45) is -4.61. The van der Waals surface area contributed by atoms with Gasteiger partial charge in [-0.05, 0) is 22.6 Å². The topological polar surface area (TPSA) is 134 Å². The third-order valence-corrected chi connectivity index (χ3v) is 6.69. The lowest BCUT2D eigenvalue weighted by atomic mass is 10.2. The molecule has 0 saturated carbocycles. The molecule has 4 aromatic heterocycles. The molecular weight excluding hydrogens is 489 g/mol. The van der Waals surface area contributed by atoms with Gasteiger partial charge < -0.3 is 4.57 Å². The van der Waals surface area contributed by atoms with Crippen LogP contribution in [0.5, 0.6) is 0 Å². The van der Waals surface area contributed by atoms with E-state index < -0.39 is 27.6 Å². The fraction of sp³-hybridized carbons (Fsp3) is 0.353. The van der Waals surface area contributed by atoms with E-state index in [0.29, 0.717) is 6.07 Å². The van der Waals surface area contributed by atoms with Crippen molar-refractivity contribution in [2.75, 3.05) is 5.75 Å². The second kappa shape index (κ2) is 7.71. The average Bonchev–Trinajstić information content (AvgIpc) is 3.35. The molecule has 0 spiro atoms. The van der Waals surface area contributed by atoms with E-state index in [1.54, 1.807) is 0 Å². The number of alkyl halides is 5. The largest absolute Gasteiger partial charge is 0.459 e. The zero-order valence-corrected chi connectivity index (χ0v) is 18.4. The number of fused-ring (bicyclic) bond motifs is 1. The molecule has 0 bridgehead atoms. The van der Waals surface area contributed by atoms with Crippen LogP contribution in [0.3, 0.4) is 0 Å². The molecule has 0 radical (unpaired) electrons. The number of sulfone groups is 1. The number of imidazole rings is 1. The molecule has 0 aliphatic carbocycles. The Morgan fingerprint density at radius 1 is 1.00 bits per heavy atom. The van der Waals surface area contributed by atoms with Crippen LogP contribution in [0.2, 0.25) is 0 Å². The Morgan fingerprint density at radius 2 is 1.71 bits per heavy atom. The second-order valence-corrected chi connectivity index (χ2v) is 9.35. The first-order valence-corrected chi connectivity index (χ1v) is 11.0. The van der Waals surface area contributed by atoms with Crippen LogP contribution in [0.15, 0.2) is 23.2 Å². The summed E-state index contributed by atoms with van der Waals surface area (Å²) in [5.41, 5.74) is -2.04. The summed E-state index contributed by atoms with van der Waals surface area (Å²) in [5, 5.41) is 17.4. The molecule has 17 heteroatoms. The van der Waals surface area contributed by atoms with E-state index >= 15 is 0 Å². The smallest absolute Gasteiger partial charge is 0.309 e. The molecule has 0 amide bonds. The summed E-state index contributed by atoms with van der Waals surface area (Å²) in [6.45, 7) is 1.40. The Labute approximate surface area is 187 Å². The van der Waals surface area contributed by atoms with Gasteiger partial charge in [0.15, 0.2) is 27.1 Å². The predicted molar refractivity (Wildman–Crippen MR) is 105 cm³/mol. The highest BCUT2D eigenvalue weighted by Gasteiger charge is 2.60. The Hall–Kier alpha value is -3.63. The van der Waals surface area contributed by atoms with Gasteiger partial charge in [0, 0.05) is 25.9 Å². The van der Waals surface area contributed by atoms with Crippen molar-refractivity contribution in [1.82, 2.24) is 44.9 Å². The number of halogens is 5. The summed E-state index contributed by atoms with van der Waals surface area (Å²) < 4.78 is 93.8. The third kappa shape index (κ3) is 3.64. The molecule has 4 heterocycles. The number of nitrogens with zero attached hydrogens (tertiary/aromatic N) is 9. The fourth-order valence-electron chi connectivity index (χ4n) is 3.10. The highest BCUT2D eigenvalue weighted by Crippen LogP contribution is 2.43. The van der Waals surface area contributed by atoms with E-state index in [4.69, 9.17) is 0 Å². The first-order chi connectivity index (χ1) is 15.8. The van der Waals surface area contributed by atoms with Gasteiger partial charge in [-0.2, -0.15) is 22.0 Å². The number of tetrazole rings is 1. The van der Waals surface area contributed by atoms with Crippen LogP contribution in [-0.4, -0.2) is 65.3 Å². The van der Waals surface area contributed by atoms with Crippen molar-refractivity contribution < 1.29 is 30.4 Å². The van der Waals surface area contributed by atoms with E-state index in [1.807, 2.05) is 0 Å². The molecule has 0 aromatic carbocycles. The van der Waals surface area contributed by atoms with Crippen LogP contribution in [0.1, 0.15) is 12.6 Å². The molecule has 34 heavy (non-hydrogen) atoms. The average molecular weight is 503 g/mol. The molecule has 180 valence electrons. The van der Waals surface area contributed by atoms with Crippen LogP contribution in [-0.2, 0) is 29.9 Å². The maximum Gasteiger partial charge on any atom is 0.459 e. The zero-order valence-electron chi connectivity index (χ0n) is 17.6. The molecular formula is C17H14F5N9O2S. The predicted octanol–water partition coefficient (Wildman–Crippen LogP) is 2.06. The van der Waals surface area contributed by atoms with Gasteiger partial charge in [-0.25, -0.2) is 18.1 Å². The molecule has 0 atom stereocenters. The number of hydrogen-bond acceptors (Lipinski definition) is 9. The van der Waals surface area contributed by atoms with Gasteiger partial charge >= 0.3 is 12.1 Å². The molecule has 0 fully saturated rings. The van der Waals surface area contributed by atoms with E-state index in [2.05, 4.69) is 35.7 Å². The maximum absolute atomic E-state index is 13.7. The number of aryl methyl sites for hydroxylation is 2. The second-order valence-electron chi connectivity index (χ2n) is 7.11. The van der Waals surface area contributed by atoms with Gasteiger partial charge in [0.25, 0.3) is 0 Å². The standard InChI is InChI=1S/C17H14F5N9O2S/c1-4-34(32,33)10-5-8(13-27-28-29-31(13)3)7-23-12(10)15-24-9-6-11(16(18,19)17(20,21)22)25-26-14(9)30(15)2/h5-7H,4H2,1-3H3. The van der Waals surface area contributed by atoms with Crippen molar-refractivity contribution in [3.05, 3.63) is 24.0 Å². The van der Waals surface area contributed by atoms with Crippen molar-refractivity contribution in [1.29, 1.82) is 0 Å². The number of aromatic nitrogens is 9. The van der Waals surface area contributed by atoms with Gasteiger partial charge in [-0.1, -0.05) is 6.92 Å². The third-order valence-electron chi connectivity index (χ3n) is 4.95. The van der Waals surface area contributed by atoms with Crippen LogP contribution < -0.4 is 0 Å². The van der Waals surface area contributed by atoms with Crippen molar-refractivity contribution in [2.24, 2.45) is 14.1 Å². The van der Waals surface area contributed by atoms with Gasteiger partial charge in [-0.15, -0.1) is 15.3 Å². The first kappa shape index (κ1) is 23.5. The van der Waals surface area contributed by atoms with Crippen LogP contribution in [0.4, 0.5) is 22.0 Å². The van der Waals surface area contributed by atoms with Crippen molar-refractivity contribution in [3.63, 3.8) is 0 Å². The van der Waals surface area contributed by atoms with E-state index in [-0.39, 0.29) is 44.7 Å². The van der Waals surface area contributed by atoms with Crippen LogP contribution in [0, 0.1) is 0 Å². The number of rotatable bonds is 5. The minimum absolute atomic E-state index is 0.133. The van der Waals surface area contributed by atoms with Crippen LogP contribution in [0.25, 0.3) is 34.1 Å². The van der Waals surface area contributed by atoms with Crippen molar-refractivity contribution >= 4 is 21.0 Å². The molecule has 0 saturated heterocycles. The number of pyridine rings is 1. The maximum atomic E-state index is 13.7. The highest BCUT2D eigenvalue weighted by molar-refractivity contribution is 7.91. The van der Waals surface area contributed by atoms with Crippen molar-refractivity contribution in [3.8, 4) is 22.9 Å². The minimum atomic E-state index is -5.89. The lowest BCUT2D eigenvalue weighted by Crippen LogP contribution is -2.34. The summed E-state index contributed by atoms with van der Waals surface area (Å²) in [7, 11) is -1.00. The Bertz CT molecular complexity index is 1510. The summed E-state index contributed by atoms with van der Waals surface area (Å²) in [5.74, 6) is -5.48. The van der Waals surface area contributed by atoms with E-state index in [9.17, 15) is 30.4 Å². The monoisotopic (exact) mass is 503 g/mol.